The molecule has 0 radical (unpaired) electrons. The van der Waals surface area contributed by atoms with Crippen molar-refractivity contribution in [1.82, 2.24) is 0 Å². The zero-order valence-electron chi connectivity index (χ0n) is 48.2. The molecule has 6 nitrogen and oxygen atoms in total. The van der Waals surface area contributed by atoms with Crippen LogP contribution in [0.2, 0.25) is 0 Å². The molecule has 0 saturated heterocycles. The van der Waals surface area contributed by atoms with Gasteiger partial charge in [0.05, 0.1) is 0 Å². The molecule has 0 aliphatic carbocycles. The molecule has 0 rings (SSSR count). The molecule has 1 atom stereocenters. The smallest absolute Gasteiger partial charge is 0.306 e. The number of carbonyl (C=O) groups excluding carboxylic acids is 3. The summed E-state index contributed by atoms with van der Waals surface area (Å²) in [4.78, 5) is 38.3. The van der Waals surface area contributed by atoms with Gasteiger partial charge in [0, 0.05) is 19.3 Å². The number of esters is 3. The molecule has 0 bridgehead atoms. The van der Waals surface area contributed by atoms with Crippen LogP contribution in [0.1, 0.15) is 335 Å². The first-order chi connectivity index (χ1) is 35.5. The predicted octanol–water partition coefficient (Wildman–Crippen LogP) is 21.4. The van der Waals surface area contributed by atoms with Gasteiger partial charge < -0.3 is 14.2 Å². The Morgan fingerprint density at radius 3 is 0.806 bits per heavy atom. The van der Waals surface area contributed by atoms with Gasteiger partial charge in [-0.15, -0.1) is 0 Å². The lowest BCUT2D eigenvalue weighted by atomic mass is 10.0. The highest BCUT2D eigenvalue weighted by atomic mass is 16.6. The second kappa shape index (κ2) is 60.9. The number of unbranched alkanes of at least 4 members (excludes halogenated alkanes) is 41. The van der Waals surface area contributed by atoms with E-state index in [1.807, 2.05) is 0 Å². The SMILES string of the molecule is CCCCCCC\C=C/C=C\C=C/CCCCCCCC(=O)OC(COC(=O)CCCCCCCCC/C=C\CCCCCCCCCC)COC(=O)CCCCCCCCCCCCCCCCCCC. The van der Waals surface area contributed by atoms with E-state index >= 15 is 0 Å². The minimum Gasteiger partial charge on any atom is -0.462 e. The molecule has 0 heterocycles. The zero-order chi connectivity index (χ0) is 52.2. The summed E-state index contributed by atoms with van der Waals surface area (Å²) in [5, 5.41) is 0. The highest BCUT2D eigenvalue weighted by molar-refractivity contribution is 5.71. The van der Waals surface area contributed by atoms with E-state index in [2.05, 4.69) is 69.4 Å². The summed E-state index contributed by atoms with van der Waals surface area (Å²) in [7, 11) is 0. The largest absolute Gasteiger partial charge is 0.462 e. The van der Waals surface area contributed by atoms with Gasteiger partial charge in [-0.25, -0.2) is 0 Å². The van der Waals surface area contributed by atoms with Gasteiger partial charge >= 0.3 is 17.9 Å². The van der Waals surface area contributed by atoms with Gasteiger partial charge in [0.25, 0.3) is 0 Å². The summed E-state index contributed by atoms with van der Waals surface area (Å²) in [5.74, 6) is -0.883. The van der Waals surface area contributed by atoms with Crippen LogP contribution >= 0.6 is 0 Å². The molecular formula is C66H120O6. The summed E-state index contributed by atoms with van der Waals surface area (Å²) < 4.78 is 16.9. The molecule has 0 fully saturated rings. The highest BCUT2D eigenvalue weighted by Crippen LogP contribution is 2.17. The van der Waals surface area contributed by atoms with E-state index in [1.165, 1.54) is 218 Å². The van der Waals surface area contributed by atoms with Crippen LogP contribution < -0.4 is 0 Å². The van der Waals surface area contributed by atoms with Crippen molar-refractivity contribution in [2.75, 3.05) is 13.2 Å². The summed E-state index contributed by atoms with van der Waals surface area (Å²) in [5.41, 5.74) is 0. The third-order valence-electron chi connectivity index (χ3n) is 14.1. The van der Waals surface area contributed by atoms with E-state index in [-0.39, 0.29) is 31.1 Å². The summed E-state index contributed by atoms with van der Waals surface area (Å²) in [6.07, 6.45) is 75.3. The number of allylic oxidation sites excluding steroid dienone is 8. The van der Waals surface area contributed by atoms with Crippen molar-refractivity contribution in [3.63, 3.8) is 0 Å². The van der Waals surface area contributed by atoms with Crippen molar-refractivity contribution < 1.29 is 28.6 Å². The second-order valence-corrected chi connectivity index (χ2v) is 21.4. The Hall–Kier alpha value is -2.63. The predicted molar refractivity (Wildman–Crippen MR) is 312 cm³/mol. The molecule has 0 aromatic rings. The Bertz CT molecular complexity index is 1250. The maximum Gasteiger partial charge on any atom is 0.306 e. The van der Waals surface area contributed by atoms with Crippen molar-refractivity contribution in [3.05, 3.63) is 48.6 Å². The van der Waals surface area contributed by atoms with E-state index in [9.17, 15) is 14.4 Å². The molecule has 420 valence electrons. The van der Waals surface area contributed by atoms with Crippen LogP contribution in [0, 0.1) is 0 Å². The second-order valence-electron chi connectivity index (χ2n) is 21.4. The Kier molecular flexibility index (Phi) is 58.7. The van der Waals surface area contributed by atoms with Crippen molar-refractivity contribution in [1.29, 1.82) is 0 Å². The number of hydrogen-bond acceptors (Lipinski definition) is 6. The van der Waals surface area contributed by atoms with Crippen LogP contribution in [0.4, 0.5) is 0 Å². The third kappa shape index (κ3) is 58.3. The van der Waals surface area contributed by atoms with Gasteiger partial charge in [-0.2, -0.15) is 0 Å². The summed E-state index contributed by atoms with van der Waals surface area (Å²) >= 11 is 0. The Morgan fingerprint density at radius 2 is 0.514 bits per heavy atom. The van der Waals surface area contributed by atoms with Crippen LogP contribution in [-0.2, 0) is 28.6 Å². The van der Waals surface area contributed by atoms with Gasteiger partial charge in [-0.3, -0.25) is 14.4 Å². The normalized spacial score (nSPS) is 12.3. The van der Waals surface area contributed by atoms with E-state index in [1.54, 1.807) is 0 Å². The Labute approximate surface area is 448 Å². The van der Waals surface area contributed by atoms with Crippen LogP contribution in [0.25, 0.3) is 0 Å². The molecule has 72 heavy (non-hydrogen) atoms. The molecule has 0 aliphatic heterocycles. The first-order valence-corrected chi connectivity index (χ1v) is 31.7. The number of carbonyl (C=O) groups is 3. The molecule has 1 unspecified atom stereocenters. The number of rotatable bonds is 58. The van der Waals surface area contributed by atoms with E-state index in [0.717, 1.165) is 77.0 Å². The summed E-state index contributed by atoms with van der Waals surface area (Å²) in [6.45, 7) is 6.66. The number of hydrogen-bond donors (Lipinski definition) is 0. The maximum absolute atomic E-state index is 12.9. The third-order valence-corrected chi connectivity index (χ3v) is 14.1. The van der Waals surface area contributed by atoms with Crippen LogP contribution in [0.5, 0.6) is 0 Å². The topological polar surface area (TPSA) is 78.9 Å². The standard InChI is InChI=1S/C66H120O6/c1-4-7-10-13-16-19-22-25-28-31-33-36-38-41-44-47-50-53-56-59-65(68)71-62-63(61-70-64(67)58-55-52-49-46-43-40-37-34-30-27-24-21-18-15-12-9-6-3)72-66(69)60-57-54-51-48-45-42-39-35-32-29-26-23-20-17-14-11-8-5-2/h23,26,29,31-33,35,39,63H,4-22,24-25,27-28,30,34,36-38,40-62H2,1-3H3/b26-23-,32-29-,33-31-,39-35-. The Morgan fingerprint density at radius 1 is 0.278 bits per heavy atom. The molecule has 0 saturated carbocycles. The molecule has 0 aromatic heterocycles. The number of ether oxygens (including phenoxy) is 3. The van der Waals surface area contributed by atoms with E-state index in [0.29, 0.717) is 19.3 Å². The lowest BCUT2D eigenvalue weighted by Crippen LogP contribution is -2.30. The molecule has 0 aromatic carbocycles. The molecule has 0 amide bonds. The van der Waals surface area contributed by atoms with Crippen molar-refractivity contribution in [2.45, 2.75) is 341 Å². The molecular weight excluding hydrogens is 889 g/mol. The quantitative estimate of drug-likeness (QED) is 0.0199. The molecule has 0 aliphatic rings. The van der Waals surface area contributed by atoms with Gasteiger partial charge in [0.1, 0.15) is 13.2 Å². The molecule has 0 N–H and O–H groups in total. The minimum absolute atomic E-state index is 0.0794. The highest BCUT2D eigenvalue weighted by Gasteiger charge is 2.19. The van der Waals surface area contributed by atoms with Gasteiger partial charge in [0.15, 0.2) is 6.10 Å². The van der Waals surface area contributed by atoms with Crippen molar-refractivity contribution in [2.24, 2.45) is 0 Å². The lowest BCUT2D eigenvalue weighted by Gasteiger charge is -2.18. The minimum atomic E-state index is -0.784. The van der Waals surface area contributed by atoms with Gasteiger partial charge in [0.2, 0.25) is 0 Å². The molecule has 0 spiro atoms. The van der Waals surface area contributed by atoms with Gasteiger partial charge in [-0.1, -0.05) is 294 Å². The van der Waals surface area contributed by atoms with Crippen LogP contribution in [0.15, 0.2) is 48.6 Å². The van der Waals surface area contributed by atoms with Gasteiger partial charge in [-0.05, 0) is 70.6 Å². The summed E-state index contributed by atoms with van der Waals surface area (Å²) in [6, 6.07) is 0. The maximum atomic E-state index is 12.9. The fourth-order valence-electron chi connectivity index (χ4n) is 9.32. The molecule has 6 heteroatoms. The average molecular weight is 1010 g/mol. The fourth-order valence-corrected chi connectivity index (χ4v) is 9.32. The zero-order valence-corrected chi connectivity index (χ0v) is 48.2. The van der Waals surface area contributed by atoms with Crippen LogP contribution in [-0.4, -0.2) is 37.2 Å². The first-order valence-electron chi connectivity index (χ1n) is 31.7. The van der Waals surface area contributed by atoms with Crippen molar-refractivity contribution >= 4 is 17.9 Å². The first kappa shape index (κ1) is 69.4. The fraction of sp³-hybridized carbons (Fsp3) is 0.833. The van der Waals surface area contributed by atoms with E-state index in [4.69, 9.17) is 14.2 Å². The average Bonchev–Trinajstić information content (AvgIpc) is 3.38. The lowest BCUT2D eigenvalue weighted by molar-refractivity contribution is -0.167. The van der Waals surface area contributed by atoms with Crippen LogP contribution in [0.3, 0.4) is 0 Å². The van der Waals surface area contributed by atoms with Crippen molar-refractivity contribution in [3.8, 4) is 0 Å². The Balaban J connectivity index is 4.39. The van der Waals surface area contributed by atoms with E-state index < -0.39 is 6.10 Å². The monoisotopic (exact) mass is 1010 g/mol.